The molecule has 0 atom stereocenters. The Morgan fingerprint density at radius 3 is 2.12 bits per heavy atom. The molecule has 0 unspecified atom stereocenters. The van der Waals surface area contributed by atoms with Crippen molar-refractivity contribution in [2.75, 3.05) is 0 Å². The lowest BCUT2D eigenvalue weighted by atomic mass is 10.1. The van der Waals surface area contributed by atoms with Gasteiger partial charge in [-0.1, -0.05) is 84.9 Å². The summed E-state index contributed by atoms with van der Waals surface area (Å²) >= 11 is 0. The van der Waals surface area contributed by atoms with Gasteiger partial charge >= 0.3 is 0 Å². The average molecular weight is 439 g/mol. The fourth-order valence-electron chi connectivity index (χ4n) is 3.58. The number of hydrogen-bond donors (Lipinski definition) is 1. The lowest BCUT2D eigenvalue weighted by molar-refractivity contribution is 0.0948. The van der Waals surface area contributed by atoms with Gasteiger partial charge in [0.1, 0.15) is 5.56 Å². The highest BCUT2D eigenvalue weighted by atomic mass is 16.5. The van der Waals surface area contributed by atoms with Crippen molar-refractivity contribution in [2.24, 2.45) is 0 Å². The standard InChI is InChI=1S/C28H26N2O3/c31-27(26-15-8-16-30(28(26)32)19-22-9-3-1-4-10-22)29-18-24-13-7-14-25(17-24)21-33-20-23-11-5-2-6-12-23/h1-17H,18-21H2,(H,29,31). The van der Waals surface area contributed by atoms with Crippen molar-refractivity contribution in [3.8, 4) is 0 Å². The molecule has 5 nitrogen and oxygen atoms in total. The molecule has 0 saturated heterocycles. The lowest BCUT2D eigenvalue weighted by Gasteiger charge is -2.10. The third kappa shape index (κ3) is 6.28. The van der Waals surface area contributed by atoms with Crippen LogP contribution in [0.15, 0.2) is 108 Å². The summed E-state index contributed by atoms with van der Waals surface area (Å²) in [6.07, 6.45) is 1.70. The SMILES string of the molecule is O=C(NCc1cccc(COCc2ccccc2)c1)c1cccn(Cc2ccccc2)c1=O. The molecule has 0 aliphatic rings. The second kappa shape index (κ2) is 11.1. The van der Waals surface area contributed by atoms with Crippen LogP contribution in [0.25, 0.3) is 0 Å². The van der Waals surface area contributed by atoms with Crippen molar-refractivity contribution in [3.63, 3.8) is 0 Å². The molecule has 0 spiro atoms. The van der Waals surface area contributed by atoms with Gasteiger partial charge in [0.05, 0.1) is 19.8 Å². The molecule has 4 aromatic rings. The zero-order valence-electron chi connectivity index (χ0n) is 18.3. The summed E-state index contributed by atoms with van der Waals surface area (Å²) < 4.78 is 7.35. The Morgan fingerprint density at radius 2 is 1.36 bits per heavy atom. The number of carbonyl (C=O) groups is 1. The number of nitrogens with zero attached hydrogens (tertiary/aromatic N) is 1. The van der Waals surface area contributed by atoms with Crippen LogP contribution in [0.5, 0.6) is 0 Å². The largest absolute Gasteiger partial charge is 0.372 e. The molecule has 4 rings (SSSR count). The highest BCUT2D eigenvalue weighted by Gasteiger charge is 2.12. The van der Waals surface area contributed by atoms with E-state index >= 15 is 0 Å². The third-order valence-corrected chi connectivity index (χ3v) is 5.29. The lowest BCUT2D eigenvalue weighted by Crippen LogP contribution is -2.32. The van der Waals surface area contributed by atoms with Crippen LogP contribution in [-0.2, 0) is 31.0 Å². The van der Waals surface area contributed by atoms with Crippen molar-refractivity contribution >= 4 is 5.91 Å². The molecule has 0 saturated carbocycles. The summed E-state index contributed by atoms with van der Waals surface area (Å²) in [4.78, 5) is 25.5. The van der Waals surface area contributed by atoms with E-state index in [9.17, 15) is 9.59 Å². The zero-order valence-corrected chi connectivity index (χ0v) is 18.3. The third-order valence-electron chi connectivity index (χ3n) is 5.29. The Labute approximate surface area is 193 Å². The van der Waals surface area contributed by atoms with Gasteiger partial charge in [-0.3, -0.25) is 9.59 Å². The normalized spacial score (nSPS) is 10.7. The Morgan fingerprint density at radius 1 is 0.727 bits per heavy atom. The monoisotopic (exact) mass is 438 g/mol. The number of ether oxygens (including phenoxy) is 1. The minimum Gasteiger partial charge on any atom is -0.372 e. The van der Waals surface area contributed by atoms with Crippen molar-refractivity contribution in [1.82, 2.24) is 9.88 Å². The maximum absolute atomic E-state index is 12.8. The number of amides is 1. The van der Waals surface area contributed by atoms with Crippen molar-refractivity contribution in [3.05, 3.63) is 141 Å². The Hall–Kier alpha value is -3.96. The molecule has 0 bridgehead atoms. The van der Waals surface area contributed by atoms with Gasteiger partial charge in [0, 0.05) is 12.7 Å². The molecule has 0 aliphatic heterocycles. The Bertz CT molecular complexity index is 1250. The number of benzene rings is 3. The summed E-state index contributed by atoms with van der Waals surface area (Å²) in [5.74, 6) is -0.381. The minimum atomic E-state index is -0.381. The molecule has 0 fully saturated rings. The van der Waals surface area contributed by atoms with E-state index in [1.54, 1.807) is 22.9 Å². The Kier molecular flexibility index (Phi) is 7.46. The molecule has 33 heavy (non-hydrogen) atoms. The first-order valence-electron chi connectivity index (χ1n) is 10.9. The highest BCUT2D eigenvalue weighted by Crippen LogP contribution is 2.09. The first-order chi connectivity index (χ1) is 16.2. The summed E-state index contributed by atoms with van der Waals surface area (Å²) in [6, 6.07) is 30.9. The van der Waals surface area contributed by atoms with Gasteiger partial charge in [-0.25, -0.2) is 0 Å². The van der Waals surface area contributed by atoms with Crippen LogP contribution in [0.3, 0.4) is 0 Å². The van der Waals surface area contributed by atoms with E-state index in [0.29, 0.717) is 26.3 Å². The van der Waals surface area contributed by atoms with Crippen molar-refractivity contribution in [1.29, 1.82) is 0 Å². The Balaban J connectivity index is 1.34. The molecule has 0 radical (unpaired) electrons. The van der Waals surface area contributed by atoms with Gasteiger partial charge < -0.3 is 14.6 Å². The molecule has 166 valence electrons. The fraction of sp³-hybridized carbons (Fsp3) is 0.143. The van der Waals surface area contributed by atoms with Crippen LogP contribution in [0.2, 0.25) is 0 Å². The van der Waals surface area contributed by atoms with Crippen LogP contribution >= 0.6 is 0 Å². The second-order valence-corrected chi connectivity index (χ2v) is 7.82. The molecule has 1 aromatic heterocycles. The summed E-state index contributed by atoms with van der Waals surface area (Å²) in [7, 11) is 0. The predicted molar refractivity (Wildman–Crippen MR) is 129 cm³/mol. The second-order valence-electron chi connectivity index (χ2n) is 7.82. The van der Waals surface area contributed by atoms with Crippen LogP contribution in [0, 0.1) is 0 Å². The van der Waals surface area contributed by atoms with Crippen LogP contribution in [0.4, 0.5) is 0 Å². The number of nitrogens with one attached hydrogen (secondary N) is 1. The number of hydrogen-bond acceptors (Lipinski definition) is 3. The molecule has 5 heteroatoms. The minimum absolute atomic E-state index is 0.135. The number of carbonyl (C=O) groups excluding carboxylic acids is 1. The smallest absolute Gasteiger partial charge is 0.263 e. The first-order valence-corrected chi connectivity index (χ1v) is 10.9. The van der Waals surface area contributed by atoms with Crippen LogP contribution < -0.4 is 10.9 Å². The van der Waals surface area contributed by atoms with Crippen LogP contribution in [-0.4, -0.2) is 10.5 Å². The van der Waals surface area contributed by atoms with Gasteiger partial charge in [0.2, 0.25) is 0 Å². The molecular weight excluding hydrogens is 412 g/mol. The fourth-order valence-corrected chi connectivity index (χ4v) is 3.58. The molecule has 1 amide bonds. The quantitative estimate of drug-likeness (QED) is 0.417. The highest BCUT2D eigenvalue weighted by molar-refractivity contribution is 5.93. The topological polar surface area (TPSA) is 60.3 Å². The molecule has 3 aromatic carbocycles. The van der Waals surface area contributed by atoms with Gasteiger partial charge in [-0.2, -0.15) is 0 Å². The average Bonchev–Trinajstić information content (AvgIpc) is 2.85. The van der Waals surface area contributed by atoms with E-state index in [1.807, 2.05) is 84.9 Å². The van der Waals surface area contributed by atoms with Crippen LogP contribution in [0.1, 0.15) is 32.6 Å². The molecular formula is C28H26N2O3. The van der Waals surface area contributed by atoms with E-state index in [-0.39, 0.29) is 17.0 Å². The molecule has 1 N–H and O–H groups in total. The van der Waals surface area contributed by atoms with E-state index in [2.05, 4.69) is 5.32 Å². The zero-order chi connectivity index (χ0) is 22.9. The predicted octanol–water partition coefficient (Wildman–Crippen LogP) is 4.54. The molecule has 0 aliphatic carbocycles. The van der Waals surface area contributed by atoms with Crippen molar-refractivity contribution < 1.29 is 9.53 Å². The summed E-state index contributed by atoms with van der Waals surface area (Å²) in [6.45, 7) is 1.79. The number of rotatable bonds is 9. The van der Waals surface area contributed by atoms with E-state index < -0.39 is 0 Å². The summed E-state index contributed by atoms with van der Waals surface area (Å²) in [5, 5.41) is 2.86. The summed E-state index contributed by atoms with van der Waals surface area (Å²) in [5.41, 5.74) is 3.94. The number of aromatic nitrogens is 1. The van der Waals surface area contributed by atoms with E-state index in [4.69, 9.17) is 4.74 Å². The number of pyridine rings is 1. The van der Waals surface area contributed by atoms with Gasteiger partial charge in [0.15, 0.2) is 0 Å². The first kappa shape index (κ1) is 22.2. The maximum atomic E-state index is 12.8. The van der Waals surface area contributed by atoms with Gasteiger partial charge in [-0.05, 0) is 34.4 Å². The van der Waals surface area contributed by atoms with Crippen molar-refractivity contribution in [2.45, 2.75) is 26.3 Å². The van der Waals surface area contributed by atoms with Gasteiger partial charge in [-0.15, -0.1) is 0 Å². The van der Waals surface area contributed by atoms with E-state index in [1.165, 1.54) is 0 Å². The maximum Gasteiger partial charge on any atom is 0.263 e. The van der Waals surface area contributed by atoms with Gasteiger partial charge in [0.25, 0.3) is 11.5 Å². The van der Waals surface area contributed by atoms with E-state index in [0.717, 1.165) is 22.3 Å². The molecule has 1 heterocycles.